The summed E-state index contributed by atoms with van der Waals surface area (Å²) in [5, 5.41) is 3.03. The monoisotopic (exact) mass is 681 g/mol. The van der Waals surface area contributed by atoms with Gasteiger partial charge in [0.05, 0.1) is 0 Å². The summed E-state index contributed by atoms with van der Waals surface area (Å²) >= 11 is 0. The fourth-order valence-corrected chi connectivity index (χ4v) is 13.2. The molecule has 2 aromatic rings. The molecule has 2 rings (SSSR count). The van der Waals surface area contributed by atoms with Crippen LogP contribution in [-0.4, -0.2) is 28.8 Å². The van der Waals surface area contributed by atoms with Crippen molar-refractivity contribution in [1.29, 1.82) is 0 Å². The van der Waals surface area contributed by atoms with E-state index in [4.69, 9.17) is 8.85 Å². The highest BCUT2D eigenvalue weighted by Gasteiger charge is 2.51. The summed E-state index contributed by atoms with van der Waals surface area (Å²) in [6.07, 6.45) is 23.1. The number of unbranched alkanes of at least 4 members (excludes halogenated alkanes) is 12. The molecule has 0 unspecified atom stereocenters. The molecule has 0 aliphatic rings. The Morgan fingerprint density at radius 3 is 1.32 bits per heavy atom. The number of rotatable bonds is 24. The molecule has 0 heterocycles. The molecule has 0 amide bonds. The van der Waals surface area contributed by atoms with Crippen LogP contribution in [0.5, 0.6) is 0 Å². The van der Waals surface area contributed by atoms with Gasteiger partial charge in [0.15, 0.2) is 8.32 Å². The molecule has 0 spiro atoms. The van der Waals surface area contributed by atoms with Crippen LogP contribution in [0.15, 0.2) is 60.7 Å². The van der Waals surface area contributed by atoms with Crippen molar-refractivity contribution in [2.45, 2.75) is 200 Å². The van der Waals surface area contributed by atoms with Crippen molar-refractivity contribution in [3.8, 4) is 0 Å². The molecule has 0 aliphatic heterocycles. The highest BCUT2D eigenvalue weighted by atomic mass is 28.4. The van der Waals surface area contributed by atoms with Crippen LogP contribution in [0.4, 0.5) is 0 Å². The van der Waals surface area contributed by atoms with Gasteiger partial charge in [-0.15, -0.1) is 0 Å². The van der Waals surface area contributed by atoms with E-state index in [-0.39, 0.29) is 16.2 Å². The van der Waals surface area contributed by atoms with Crippen molar-refractivity contribution < 1.29 is 8.85 Å². The van der Waals surface area contributed by atoms with Gasteiger partial charge in [-0.05, 0) is 66.2 Å². The Bertz CT molecular complexity index is 1020. The standard InChI is InChI=1S/C43H76O2Si2/c1-11-12-13-14-15-16-17-18-19-20-21-22-25-32-39(33-30-31-38(2)44-46(9,10)42(3,4)5)45-47(43(6,7)8,40-34-26-23-27-35-40)41-36-28-24-29-37-41/h23-24,26-29,34-39H,11-22,25,30-33H2,1-10H3/t38-,39-/m0/s1. The Hall–Kier alpha value is -1.21. The average Bonchev–Trinajstić information content (AvgIpc) is 3.01. The maximum Gasteiger partial charge on any atom is 0.261 e. The molecule has 0 saturated carbocycles. The first-order chi connectivity index (χ1) is 22.2. The van der Waals surface area contributed by atoms with E-state index in [1.54, 1.807) is 0 Å². The Morgan fingerprint density at radius 1 is 0.511 bits per heavy atom. The maximum absolute atomic E-state index is 7.73. The number of benzene rings is 2. The SMILES string of the molecule is CCCCCCCCCCCCCCC[C@@H](CCC[C@H](C)O[Si](C)(C)C(C)(C)C)O[Si](c1ccccc1)(c1ccccc1)C(C)(C)C. The third-order valence-corrected chi connectivity index (χ3v) is 20.5. The molecule has 2 nitrogen and oxygen atoms in total. The second kappa shape index (κ2) is 21.1. The van der Waals surface area contributed by atoms with Crippen molar-refractivity contribution >= 4 is 27.0 Å². The smallest absolute Gasteiger partial charge is 0.261 e. The van der Waals surface area contributed by atoms with E-state index in [1.807, 2.05) is 0 Å². The molecular formula is C43H76O2Si2. The normalized spacial score (nSPS) is 14.3. The summed E-state index contributed by atoms with van der Waals surface area (Å²) in [7, 11) is -4.36. The minimum Gasteiger partial charge on any atom is -0.414 e. The molecule has 4 heteroatoms. The number of hydrogen-bond acceptors (Lipinski definition) is 2. The zero-order valence-electron chi connectivity index (χ0n) is 32.8. The van der Waals surface area contributed by atoms with Crippen molar-refractivity contribution in [2.75, 3.05) is 0 Å². The van der Waals surface area contributed by atoms with Crippen molar-refractivity contribution in [3.05, 3.63) is 60.7 Å². The predicted molar refractivity (Wildman–Crippen MR) is 214 cm³/mol. The van der Waals surface area contributed by atoms with E-state index in [2.05, 4.69) is 129 Å². The molecule has 47 heavy (non-hydrogen) atoms. The first-order valence-electron chi connectivity index (χ1n) is 19.7. The minimum atomic E-state index is -2.58. The molecule has 0 radical (unpaired) electrons. The van der Waals surface area contributed by atoms with Crippen molar-refractivity contribution in [1.82, 2.24) is 0 Å². The van der Waals surface area contributed by atoms with Crippen LogP contribution >= 0.6 is 0 Å². The second-order valence-electron chi connectivity index (χ2n) is 17.1. The summed E-state index contributed by atoms with van der Waals surface area (Å²) in [5.74, 6) is 0. The first-order valence-corrected chi connectivity index (χ1v) is 24.5. The van der Waals surface area contributed by atoms with Gasteiger partial charge in [-0.2, -0.15) is 0 Å². The largest absolute Gasteiger partial charge is 0.414 e. The van der Waals surface area contributed by atoms with Crippen LogP contribution in [0.2, 0.25) is 23.2 Å². The van der Waals surface area contributed by atoms with E-state index in [1.165, 1.54) is 93.8 Å². The van der Waals surface area contributed by atoms with E-state index in [9.17, 15) is 0 Å². The van der Waals surface area contributed by atoms with Gasteiger partial charge < -0.3 is 8.85 Å². The Kier molecular flexibility index (Phi) is 18.8. The van der Waals surface area contributed by atoms with Gasteiger partial charge in [-0.1, -0.05) is 193 Å². The Balaban J connectivity index is 2.09. The highest BCUT2D eigenvalue weighted by molar-refractivity contribution is 6.99. The Labute approximate surface area is 295 Å². The van der Waals surface area contributed by atoms with Gasteiger partial charge in [0, 0.05) is 12.2 Å². The topological polar surface area (TPSA) is 18.5 Å². The van der Waals surface area contributed by atoms with Crippen molar-refractivity contribution in [2.24, 2.45) is 0 Å². The quantitative estimate of drug-likeness (QED) is 0.0811. The van der Waals surface area contributed by atoms with Crippen LogP contribution < -0.4 is 10.4 Å². The van der Waals surface area contributed by atoms with Crippen LogP contribution in [-0.2, 0) is 8.85 Å². The van der Waals surface area contributed by atoms with Gasteiger partial charge in [-0.25, -0.2) is 0 Å². The lowest BCUT2D eigenvalue weighted by molar-refractivity contribution is 0.144. The molecule has 0 aromatic heterocycles. The van der Waals surface area contributed by atoms with Crippen LogP contribution in [0, 0.1) is 0 Å². The van der Waals surface area contributed by atoms with Gasteiger partial charge >= 0.3 is 0 Å². The van der Waals surface area contributed by atoms with Gasteiger partial charge in [0.1, 0.15) is 0 Å². The summed E-state index contributed by atoms with van der Waals surface area (Å²) in [6.45, 7) is 23.6. The van der Waals surface area contributed by atoms with Crippen LogP contribution in [0.25, 0.3) is 0 Å². The average molecular weight is 681 g/mol. The molecule has 2 aromatic carbocycles. The Morgan fingerprint density at radius 2 is 0.915 bits per heavy atom. The summed E-state index contributed by atoms with van der Waals surface area (Å²) in [5.41, 5.74) is 0. The lowest BCUT2D eigenvalue weighted by Crippen LogP contribution is -2.67. The van der Waals surface area contributed by atoms with E-state index >= 15 is 0 Å². The molecule has 0 N–H and O–H groups in total. The third-order valence-electron chi connectivity index (χ3n) is 10.8. The lowest BCUT2D eigenvalue weighted by atomic mass is 10.0. The number of hydrogen-bond donors (Lipinski definition) is 0. The van der Waals surface area contributed by atoms with Gasteiger partial charge in [0.25, 0.3) is 8.32 Å². The molecule has 0 fully saturated rings. The first kappa shape index (κ1) is 42.0. The molecule has 0 saturated heterocycles. The van der Waals surface area contributed by atoms with Crippen molar-refractivity contribution in [3.63, 3.8) is 0 Å². The summed E-state index contributed by atoms with van der Waals surface area (Å²) < 4.78 is 14.5. The fourth-order valence-electron chi connectivity index (χ4n) is 6.96. The molecule has 2 atom stereocenters. The molecule has 0 aliphatic carbocycles. The maximum atomic E-state index is 7.73. The van der Waals surface area contributed by atoms with Crippen LogP contribution in [0.3, 0.4) is 0 Å². The second-order valence-corrected chi connectivity index (χ2v) is 26.1. The van der Waals surface area contributed by atoms with Gasteiger partial charge in [-0.3, -0.25) is 0 Å². The highest BCUT2D eigenvalue weighted by Crippen LogP contribution is 2.40. The van der Waals surface area contributed by atoms with E-state index in [0.717, 1.165) is 25.7 Å². The fraction of sp³-hybridized carbons (Fsp3) is 0.721. The molecular weight excluding hydrogens is 605 g/mol. The lowest BCUT2D eigenvalue weighted by Gasteiger charge is -2.45. The summed E-state index contributed by atoms with van der Waals surface area (Å²) in [6, 6.07) is 22.4. The zero-order valence-corrected chi connectivity index (χ0v) is 34.8. The zero-order chi connectivity index (χ0) is 34.8. The molecule has 268 valence electrons. The molecule has 0 bridgehead atoms. The minimum absolute atomic E-state index is 0.00267. The summed E-state index contributed by atoms with van der Waals surface area (Å²) in [4.78, 5) is 0. The van der Waals surface area contributed by atoms with Crippen LogP contribution in [0.1, 0.15) is 165 Å². The predicted octanol–water partition coefficient (Wildman–Crippen LogP) is 13.0. The third kappa shape index (κ3) is 14.3. The van der Waals surface area contributed by atoms with E-state index < -0.39 is 16.6 Å². The van der Waals surface area contributed by atoms with E-state index in [0.29, 0.717) is 6.10 Å². The van der Waals surface area contributed by atoms with Gasteiger partial charge in [0.2, 0.25) is 0 Å².